The number of nitrogens with zero attached hydrogens (tertiary/aromatic N) is 2. The molecule has 2 aromatic carbocycles. The number of Topliss-reactive ketones (excluding diaryl/α,β-unsaturated/α-hetero) is 1. The van der Waals surface area contributed by atoms with Gasteiger partial charge in [0.05, 0.1) is 23.3 Å². The Balaban J connectivity index is 1.90. The Morgan fingerprint density at radius 3 is 1.72 bits per heavy atom. The fraction of sp³-hybridized carbons (Fsp3) is 0.136. The molecular formula is C22H16N2O. The number of nitriles is 2. The van der Waals surface area contributed by atoms with Gasteiger partial charge in [-0.15, -0.1) is 0 Å². The highest BCUT2D eigenvalue weighted by Gasteiger charge is 2.20. The highest BCUT2D eigenvalue weighted by molar-refractivity contribution is 6.14. The first kappa shape index (κ1) is 16.4. The zero-order chi connectivity index (χ0) is 17.6. The lowest BCUT2D eigenvalue weighted by Gasteiger charge is -2.16. The molecule has 0 amide bonds. The lowest BCUT2D eigenvalue weighted by atomic mass is 9.86. The van der Waals surface area contributed by atoms with Crippen LogP contribution in [0.25, 0.3) is 12.2 Å². The van der Waals surface area contributed by atoms with E-state index < -0.39 is 0 Å². The largest absolute Gasteiger partial charge is 0.289 e. The van der Waals surface area contributed by atoms with Gasteiger partial charge in [0.25, 0.3) is 0 Å². The number of carbonyl (C=O) groups excluding carboxylic acids is 1. The molecular weight excluding hydrogens is 308 g/mol. The van der Waals surface area contributed by atoms with E-state index in [1.54, 1.807) is 24.3 Å². The molecule has 0 unspecified atom stereocenters. The Morgan fingerprint density at radius 1 is 0.800 bits per heavy atom. The molecule has 0 N–H and O–H groups in total. The van der Waals surface area contributed by atoms with Crippen molar-refractivity contribution in [3.8, 4) is 12.1 Å². The number of hydrogen-bond donors (Lipinski definition) is 0. The molecule has 3 heteroatoms. The summed E-state index contributed by atoms with van der Waals surface area (Å²) in [4.78, 5) is 12.8. The van der Waals surface area contributed by atoms with Crippen LogP contribution in [0.5, 0.6) is 0 Å². The van der Waals surface area contributed by atoms with Crippen molar-refractivity contribution in [2.24, 2.45) is 0 Å². The number of rotatable bonds is 2. The summed E-state index contributed by atoms with van der Waals surface area (Å²) in [5.41, 5.74) is 4.45. The molecule has 0 radical (unpaired) electrons. The van der Waals surface area contributed by atoms with E-state index in [-0.39, 0.29) is 5.78 Å². The lowest BCUT2D eigenvalue weighted by Crippen LogP contribution is -2.12. The summed E-state index contributed by atoms with van der Waals surface area (Å²) < 4.78 is 0. The van der Waals surface area contributed by atoms with E-state index in [4.69, 9.17) is 10.5 Å². The molecule has 0 spiro atoms. The zero-order valence-electron chi connectivity index (χ0n) is 13.7. The van der Waals surface area contributed by atoms with Crippen LogP contribution in [0.2, 0.25) is 0 Å². The number of hydrogen-bond acceptors (Lipinski definition) is 3. The van der Waals surface area contributed by atoms with Crippen molar-refractivity contribution in [1.82, 2.24) is 0 Å². The molecule has 1 aliphatic rings. The van der Waals surface area contributed by atoms with E-state index in [0.717, 1.165) is 41.5 Å². The molecule has 0 atom stereocenters. The SMILES string of the molecule is N#Cc1cccc(/C=C2\CCC/C(=C\c3cccc(C#N)c3)C2=O)c1. The highest BCUT2D eigenvalue weighted by Crippen LogP contribution is 2.28. The molecule has 0 aliphatic heterocycles. The maximum atomic E-state index is 12.8. The van der Waals surface area contributed by atoms with Crippen molar-refractivity contribution in [3.05, 3.63) is 81.9 Å². The van der Waals surface area contributed by atoms with Gasteiger partial charge in [0.1, 0.15) is 0 Å². The van der Waals surface area contributed by atoms with Gasteiger partial charge in [0.2, 0.25) is 0 Å². The standard InChI is InChI=1S/C22H16N2O/c23-14-18-6-1-4-16(10-18)12-20-8-3-9-21(22(20)25)13-17-5-2-7-19(11-17)15-24/h1-2,4-7,10-13H,3,8-9H2/b20-12+,21-13+. The smallest absolute Gasteiger partial charge is 0.185 e. The highest BCUT2D eigenvalue weighted by atomic mass is 16.1. The van der Waals surface area contributed by atoms with Crippen molar-refractivity contribution >= 4 is 17.9 Å². The first-order valence-corrected chi connectivity index (χ1v) is 8.16. The summed E-state index contributed by atoms with van der Waals surface area (Å²) in [6.45, 7) is 0. The van der Waals surface area contributed by atoms with Crippen LogP contribution in [0.1, 0.15) is 41.5 Å². The third-order valence-corrected chi connectivity index (χ3v) is 4.19. The molecule has 3 rings (SSSR count). The maximum absolute atomic E-state index is 12.8. The van der Waals surface area contributed by atoms with Gasteiger partial charge in [-0.3, -0.25) is 4.79 Å². The molecule has 1 aliphatic carbocycles. The number of carbonyl (C=O) groups is 1. The van der Waals surface area contributed by atoms with Crippen LogP contribution in [-0.2, 0) is 4.79 Å². The molecule has 0 heterocycles. The van der Waals surface area contributed by atoms with Crippen LogP contribution >= 0.6 is 0 Å². The summed E-state index contributed by atoms with van der Waals surface area (Å²) in [6.07, 6.45) is 6.15. The molecule has 0 bridgehead atoms. The molecule has 25 heavy (non-hydrogen) atoms. The lowest BCUT2D eigenvalue weighted by molar-refractivity contribution is -0.112. The van der Waals surface area contributed by atoms with Crippen LogP contribution in [-0.4, -0.2) is 5.78 Å². The summed E-state index contributed by atoms with van der Waals surface area (Å²) in [5, 5.41) is 18.0. The Hall–Kier alpha value is -3.43. The van der Waals surface area contributed by atoms with E-state index in [1.807, 2.05) is 36.4 Å². The van der Waals surface area contributed by atoms with E-state index in [1.165, 1.54) is 0 Å². The van der Waals surface area contributed by atoms with Gasteiger partial charge in [-0.1, -0.05) is 24.3 Å². The second-order valence-electron chi connectivity index (χ2n) is 6.00. The van der Waals surface area contributed by atoms with Crippen molar-refractivity contribution < 1.29 is 4.79 Å². The molecule has 1 saturated carbocycles. The zero-order valence-corrected chi connectivity index (χ0v) is 13.7. The fourth-order valence-corrected chi connectivity index (χ4v) is 2.98. The Labute approximate surface area is 147 Å². The monoisotopic (exact) mass is 324 g/mol. The van der Waals surface area contributed by atoms with Gasteiger partial charge < -0.3 is 0 Å². The first-order chi connectivity index (χ1) is 12.2. The van der Waals surface area contributed by atoms with Crippen LogP contribution < -0.4 is 0 Å². The van der Waals surface area contributed by atoms with E-state index >= 15 is 0 Å². The summed E-state index contributed by atoms with van der Waals surface area (Å²) in [6, 6.07) is 18.7. The quantitative estimate of drug-likeness (QED) is 0.755. The summed E-state index contributed by atoms with van der Waals surface area (Å²) in [7, 11) is 0. The van der Waals surface area contributed by atoms with Crippen molar-refractivity contribution in [1.29, 1.82) is 10.5 Å². The van der Waals surface area contributed by atoms with Crippen LogP contribution in [0.15, 0.2) is 59.7 Å². The second-order valence-corrected chi connectivity index (χ2v) is 6.00. The van der Waals surface area contributed by atoms with E-state index in [9.17, 15) is 4.79 Å². The number of ketones is 1. The Bertz CT molecular complexity index is 891. The molecule has 3 nitrogen and oxygen atoms in total. The second kappa shape index (κ2) is 7.43. The van der Waals surface area contributed by atoms with Crippen molar-refractivity contribution in [3.63, 3.8) is 0 Å². The maximum Gasteiger partial charge on any atom is 0.185 e. The average molecular weight is 324 g/mol. The Morgan fingerprint density at radius 2 is 1.28 bits per heavy atom. The van der Waals surface area contributed by atoms with Crippen LogP contribution in [0.3, 0.4) is 0 Å². The third kappa shape index (κ3) is 3.91. The van der Waals surface area contributed by atoms with Gasteiger partial charge in [-0.2, -0.15) is 10.5 Å². The topological polar surface area (TPSA) is 64.7 Å². The van der Waals surface area contributed by atoms with Crippen LogP contribution in [0.4, 0.5) is 0 Å². The molecule has 0 saturated heterocycles. The first-order valence-electron chi connectivity index (χ1n) is 8.16. The average Bonchev–Trinajstić information content (AvgIpc) is 2.65. The minimum absolute atomic E-state index is 0.0518. The Kier molecular flexibility index (Phi) is 4.88. The fourth-order valence-electron chi connectivity index (χ4n) is 2.98. The number of allylic oxidation sites excluding steroid dienone is 2. The van der Waals surface area contributed by atoms with Crippen molar-refractivity contribution in [2.75, 3.05) is 0 Å². The number of benzene rings is 2. The van der Waals surface area contributed by atoms with Gasteiger partial charge >= 0.3 is 0 Å². The minimum atomic E-state index is 0.0518. The molecule has 2 aromatic rings. The van der Waals surface area contributed by atoms with Crippen molar-refractivity contribution in [2.45, 2.75) is 19.3 Å². The van der Waals surface area contributed by atoms with Gasteiger partial charge in [-0.05, 0) is 66.8 Å². The van der Waals surface area contributed by atoms with E-state index in [0.29, 0.717) is 11.1 Å². The van der Waals surface area contributed by atoms with E-state index in [2.05, 4.69) is 12.1 Å². The summed E-state index contributed by atoms with van der Waals surface area (Å²) >= 11 is 0. The minimum Gasteiger partial charge on any atom is -0.289 e. The molecule has 1 fully saturated rings. The third-order valence-electron chi connectivity index (χ3n) is 4.19. The predicted molar refractivity (Wildman–Crippen MR) is 97.1 cm³/mol. The van der Waals surface area contributed by atoms with Gasteiger partial charge in [-0.25, -0.2) is 0 Å². The van der Waals surface area contributed by atoms with Gasteiger partial charge in [0.15, 0.2) is 5.78 Å². The van der Waals surface area contributed by atoms with Gasteiger partial charge in [0, 0.05) is 11.1 Å². The normalized spacial score (nSPS) is 17.3. The van der Waals surface area contributed by atoms with Crippen LogP contribution in [0, 0.1) is 22.7 Å². The predicted octanol–water partition coefficient (Wildman–Crippen LogP) is 4.65. The summed E-state index contributed by atoms with van der Waals surface area (Å²) in [5.74, 6) is 0.0518. The molecule has 120 valence electrons. The molecule has 0 aromatic heterocycles.